The number of anilines is 1. The van der Waals surface area contributed by atoms with E-state index in [1.165, 1.54) is 22.5 Å². The lowest BCUT2D eigenvalue weighted by Gasteiger charge is -2.29. The quantitative estimate of drug-likeness (QED) is 0.595. The SMILES string of the molecule is COc1ccc(OCc2csc(C(=O)N3CCCc4cc(C)ccc43)c2)cc1. The maximum atomic E-state index is 13.1. The van der Waals surface area contributed by atoms with Crippen LogP contribution in [0.25, 0.3) is 0 Å². The Morgan fingerprint density at radius 2 is 1.89 bits per heavy atom. The molecule has 0 fully saturated rings. The van der Waals surface area contributed by atoms with Gasteiger partial charge in [0, 0.05) is 17.8 Å². The van der Waals surface area contributed by atoms with E-state index in [-0.39, 0.29) is 5.91 Å². The van der Waals surface area contributed by atoms with Gasteiger partial charge in [-0.2, -0.15) is 0 Å². The number of carbonyl (C=O) groups is 1. The van der Waals surface area contributed by atoms with Gasteiger partial charge in [-0.25, -0.2) is 0 Å². The number of amides is 1. The van der Waals surface area contributed by atoms with E-state index in [4.69, 9.17) is 9.47 Å². The molecule has 4 nitrogen and oxygen atoms in total. The van der Waals surface area contributed by atoms with Gasteiger partial charge in [-0.15, -0.1) is 11.3 Å². The Balaban J connectivity index is 1.45. The molecule has 0 unspecified atom stereocenters. The molecule has 144 valence electrons. The minimum Gasteiger partial charge on any atom is -0.497 e. The van der Waals surface area contributed by atoms with E-state index in [0.717, 1.165) is 47.0 Å². The summed E-state index contributed by atoms with van der Waals surface area (Å²) in [6.07, 6.45) is 2.03. The lowest BCUT2D eigenvalue weighted by atomic mass is 9.99. The number of ether oxygens (including phenoxy) is 2. The lowest BCUT2D eigenvalue weighted by molar-refractivity contribution is 0.0989. The van der Waals surface area contributed by atoms with Gasteiger partial charge >= 0.3 is 0 Å². The van der Waals surface area contributed by atoms with Crippen molar-refractivity contribution in [1.82, 2.24) is 0 Å². The summed E-state index contributed by atoms with van der Waals surface area (Å²) in [5.41, 5.74) is 4.55. The highest BCUT2D eigenvalue weighted by atomic mass is 32.1. The fourth-order valence-electron chi connectivity index (χ4n) is 3.47. The first-order chi connectivity index (χ1) is 13.6. The first kappa shape index (κ1) is 18.6. The van der Waals surface area contributed by atoms with E-state index in [2.05, 4.69) is 25.1 Å². The Hall–Kier alpha value is -2.79. The zero-order chi connectivity index (χ0) is 19.5. The summed E-state index contributed by atoms with van der Waals surface area (Å²) >= 11 is 1.48. The summed E-state index contributed by atoms with van der Waals surface area (Å²) in [6.45, 7) is 3.30. The highest BCUT2D eigenvalue weighted by Crippen LogP contribution is 2.30. The summed E-state index contributed by atoms with van der Waals surface area (Å²) in [4.78, 5) is 15.8. The second-order valence-corrected chi connectivity index (χ2v) is 7.89. The van der Waals surface area contributed by atoms with Crippen LogP contribution in [0.4, 0.5) is 5.69 Å². The first-order valence-corrected chi connectivity index (χ1v) is 10.3. The van der Waals surface area contributed by atoms with Crippen molar-refractivity contribution in [3.05, 3.63) is 75.5 Å². The van der Waals surface area contributed by atoms with Crippen LogP contribution in [0.1, 0.15) is 32.8 Å². The number of fused-ring (bicyclic) bond motifs is 1. The molecule has 28 heavy (non-hydrogen) atoms. The summed E-state index contributed by atoms with van der Waals surface area (Å²) in [7, 11) is 1.64. The summed E-state index contributed by atoms with van der Waals surface area (Å²) in [5.74, 6) is 1.65. The van der Waals surface area contributed by atoms with Crippen molar-refractivity contribution in [2.75, 3.05) is 18.6 Å². The van der Waals surface area contributed by atoms with Gasteiger partial charge in [-0.05, 0) is 67.1 Å². The van der Waals surface area contributed by atoms with Crippen molar-refractivity contribution in [1.29, 1.82) is 0 Å². The molecule has 0 bridgehead atoms. The topological polar surface area (TPSA) is 38.8 Å². The van der Waals surface area contributed by atoms with E-state index in [0.29, 0.717) is 6.61 Å². The van der Waals surface area contributed by atoms with E-state index in [1.807, 2.05) is 40.6 Å². The number of benzene rings is 2. The van der Waals surface area contributed by atoms with Crippen molar-refractivity contribution in [2.45, 2.75) is 26.4 Å². The fourth-order valence-corrected chi connectivity index (χ4v) is 4.32. The van der Waals surface area contributed by atoms with Crippen molar-refractivity contribution >= 4 is 22.9 Å². The molecule has 0 radical (unpaired) electrons. The Kier molecular flexibility index (Phi) is 5.35. The van der Waals surface area contributed by atoms with Gasteiger partial charge in [0.05, 0.1) is 12.0 Å². The zero-order valence-corrected chi connectivity index (χ0v) is 16.9. The van der Waals surface area contributed by atoms with Gasteiger partial charge < -0.3 is 14.4 Å². The van der Waals surface area contributed by atoms with Crippen molar-refractivity contribution in [2.24, 2.45) is 0 Å². The van der Waals surface area contributed by atoms with Crippen LogP contribution in [-0.2, 0) is 13.0 Å². The van der Waals surface area contributed by atoms with Gasteiger partial charge in [0.25, 0.3) is 5.91 Å². The molecule has 4 rings (SSSR count). The molecule has 1 aromatic heterocycles. The average molecular weight is 394 g/mol. The highest BCUT2D eigenvalue weighted by molar-refractivity contribution is 7.12. The Labute approximate surface area is 169 Å². The van der Waals surface area contributed by atoms with Crippen LogP contribution in [0.3, 0.4) is 0 Å². The number of rotatable bonds is 5. The Morgan fingerprint density at radius 1 is 1.11 bits per heavy atom. The number of methoxy groups -OCH3 is 1. The Bertz CT molecular complexity index is 978. The van der Waals surface area contributed by atoms with Gasteiger partial charge in [-0.3, -0.25) is 4.79 Å². The molecule has 0 saturated carbocycles. The fraction of sp³-hybridized carbons (Fsp3) is 0.261. The van der Waals surface area contributed by atoms with Crippen LogP contribution in [0.5, 0.6) is 11.5 Å². The highest BCUT2D eigenvalue weighted by Gasteiger charge is 2.24. The molecule has 1 aliphatic rings. The molecule has 3 aromatic rings. The third kappa shape index (κ3) is 3.90. The standard InChI is InChI=1S/C23H23NO3S/c1-16-5-10-21-18(12-16)4-3-11-24(21)23(25)22-13-17(15-28-22)14-27-20-8-6-19(26-2)7-9-20/h5-10,12-13,15H,3-4,11,14H2,1-2H3. The maximum absolute atomic E-state index is 13.1. The number of hydrogen-bond donors (Lipinski definition) is 0. The minimum atomic E-state index is 0.0745. The maximum Gasteiger partial charge on any atom is 0.268 e. The number of hydrogen-bond acceptors (Lipinski definition) is 4. The second kappa shape index (κ2) is 8.07. The number of nitrogens with zero attached hydrogens (tertiary/aromatic N) is 1. The van der Waals surface area contributed by atoms with Crippen LogP contribution >= 0.6 is 11.3 Å². The van der Waals surface area contributed by atoms with Gasteiger partial charge in [0.15, 0.2) is 0 Å². The first-order valence-electron chi connectivity index (χ1n) is 9.40. The monoisotopic (exact) mass is 393 g/mol. The third-order valence-electron chi connectivity index (χ3n) is 4.93. The lowest BCUT2D eigenvalue weighted by Crippen LogP contribution is -2.35. The van der Waals surface area contributed by atoms with Gasteiger partial charge in [-0.1, -0.05) is 17.7 Å². The summed E-state index contributed by atoms with van der Waals surface area (Å²) < 4.78 is 11.0. The van der Waals surface area contributed by atoms with Crippen molar-refractivity contribution in [3.63, 3.8) is 0 Å². The van der Waals surface area contributed by atoms with E-state index < -0.39 is 0 Å². The number of thiophene rings is 1. The predicted molar refractivity (Wildman–Crippen MR) is 113 cm³/mol. The third-order valence-corrected chi connectivity index (χ3v) is 5.90. The minimum absolute atomic E-state index is 0.0745. The normalized spacial score (nSPS) is 13.1. The molecule has 0 saturated heterocycles. The number of aryl methyl sites for hydroxylation is 2. The molecule has 0 atom stereocenters. The molecular formula is C23H23NO3S. The summed E-state index contributed by atoms with van der Waals surface area (Å²) in [5, 5.41) is 2.00. The zero-order valence-electron chi connectivity index (χ0n) is 16.1. The molecular weight excluding hydrogens is 370 g/mol. The van der Waals surface area contributed by atoms with Crippen LogP contribution in [0.15, 0.2) is 53.9 Å². The van der Waals surface area contributed by atoms with Gasteiger partial charge in [0.2, 0.25) is 0 Å². The molecule has 2 aromatic carbocycles. The van der Waals surface area contributed by atoms with Gasteiger partial charge in [0.1, 0.15) is 18.1 Å². The van der Waals surface area contributed by atoms with Crippen LogP contribution in [0.2, 0.25) is 0 Å². The number of carbonyl (C=O) groups excluding carboxylic acids is 1. The smallest absolute Gasteiger partial charge is 0.268 e. The molecule has 0 spiro atoms. The second-order valence-electron chi connectivity index (χ2n) is 6.98. The molecule has 0 N–H and O–H groups in total. The molecule has 0 aliphatic carbocycles. The largest absolute Gasteiger partial charge is 0.497 e. The van der Waals surface area contributed by atoms with E-state index in [9.17, 15) is 4.79 Å². The average Bonchev–Trinajstić information content (AvgIpc) is 3.20. The summed E-state index contributed by atoms with van der Waals surface area (Å²) in [6, 6.07) is 15.8. The van der Waals surface area contributed by atoms with Crippen LogP contribution < -0.4 is 14.4 Å². The molecule has 1 amide bonds. The van der Waals surface area contributed by atoms with E-state index >= 15 is 0 Å². The molecule has 1 aliphatic heterocycles. The van der Waals surface area contributed by atoms with Crippen LogP contribution in [-0.4, -0.2) is 19.6 Å². The van der Waals surface area contributed by atoms with Crippen LogP contribution in [0, 0.1) is 6.92 Å². The molecule has 5 heteroatoms. The van der Waals surface area contributed by atoms with Crippen molar-refractivity contribution in [3.8, 4) is 11.5 Å². The Morgan fingerprint density at radius 3 is 2.68 bits per heavy atom. The molecule has 2 heterocycles. The predicted octanol–water partition coefficient (Wildman–Crippen LogP) is 5.24. The van der Waals surface area contributed by atoms with E-state index in [1.54, 1.807) is 7.11 Å². The van der Waals surface area contributed by atoms with Crippen molar-refractivity contribution < 1.29 is 14.3 Å².